The van der Waals surface area contributed by atoms with E-state index >= 15 is 0 Å². The number of carboxylic acid groups (broad SMARTS) is 1. The van der Waals surface area contributed by atoms with E-state index in [0.29, 0.717) is 0 Å². The largest absolute Gasteiger partial charge is 0.481 e. The molecule has 27 heavy (non-hydrogen) atoms. The normalized spacial score (nSPS) is 12.7. The lowest BCUT2D eigenvalue weighted by molar-refractivity contribution is -0.138. The van der Waals surface area contributed by atoms with E-state index in [1.165, 1.54) is 0 Å². The van der Waals surface area contributed by atoms with Crippen molar-refractivity contribution in [3.8, 4) is 0 Å². The average molecular weight is 379 g/mol. The van der Waals surface area contributed by atoms with Gasteiger partial charge in [-0.2, -0.15) is 0 Å². The molecule has 0 radical (unpaired) electrons. The van der Waals surface area contributed by atoms with Crippen LogP contribution in [0.1, 0.15) is 32.3 Å². The van der Waals surface area contributed by atoms with Gasteiger partial charge in [0.05, 0.1) is 0 Å². The van der Waals surface area contributed by atoms with Crippen molar-refractivity contribution in [2.24, 2.45) is 11.7 Å². The molecule has 0 saturated heterocycles. The summed E-state index contributed by atoms with van der Waals surface area (Å²) in [5, 5.41) is 13.5. The van der Waals surface area contributed by atoms with Crippen LogP contribution < -0.4 is 16.4 Å². The predicted molar refractivity (Wildman–Crippen MR) is 96.4 cm³/mol. The number of nitrogens with one attached hydrogen (secondary N) is 2. The maximum Gasteiger partial charge on any atom is 0.408 e. The monoisotopic (exact) mass is 379 g/mol. The smallest absolute Gasteiger partial charge is 0.408 e. The topological polar surface area (TPSA) is 148 Å². The Kier molecular flexibility index (Phi) is 8.77. The molecule has 0 heterocycles. The van der Waals surface area contributed by atoms with Crippen LogP contribution >= 0.6 is 0 Å². The van der Waals surface area contributed by atoms with Gasteiger partial charge in [-0.05, 0) is 17.9 Å². The van der Waals surface area contributed by atoms with Crippen molar-refractivity contribution < 1.29 is 29.0 Å². The number of carbonyl (C=O) groups is 4. The summed E-state index contributed by atoms with van der Waals surface area (Å²) >= 11 is 0. The number of amides is 3. The fourth-order valence-electron chi connectivity index (χ4n) is 2.24. The zero-order valence-corrected chi connectivity index (χ0v) is 15.3. The van der Waals surface area contributed by atoms with Crippen LogP contribution in [0.5, 0.6) is 0 Å². The van der Waals surface area contributed by atoms with Gasteiger partial charge >= 0.3 is 12.1 Å². The van der Waals surface area contributed by atoms with E-state index in [4.69, 9.17) is 15.6 Å². The van der Waals surface area contributed by atoms with E-state index in [2.05, 4.69) is 10.6 Å². The van der Waals surface area contributed by atoms with E-state index in [-0.39, 0.29) is 25.4 Å². The number of primary amides is 1. The maximum absolute atomic E-state index is 12.4. The highest BCUT2D eigenvalue weighted by atomic mass is 16.5. The van der Waals surface area contributed by atoms with E-state index in [1.807, 2.05) is 18.2 Å². The summed E-state index contributed by atoms with van der Waals surface area (Å²) in [6, 6.07) is 6.92. The molecule has 0 bridgehead atoms. The number of ether oxygens (including phenoxy) is 1. The number of rotatable bonds is 10. The van der Waals surface area contributed by atoms with Gasteiger partial charge in [0.2, 0.25) is 11.8 Å². The van der Waals surface area contributed by atoms with E-state index in [9.17, 15) is 19.2 Å². The van der Waals surface area contributed by atoms with Gasteiger partial charge in [-0.1, -0.05) is 44.2 Å². The van der Waals surface area contributed by atoms with Crippen LogP contribution in [-0.4, -0.2) is 41.1 Å². The standard InChI is InChI=1S/C18H25N3O6/c1-11(2)15(17(25)20-13(16(19)24)8-9-14(22)23)21-18(26)27-10-12-6-4-3-5-7-12/h3-7,11,13,15H,8-10H2,1-2H3,(H2,19,24)(H,20,25)(H,21,26)(H,22,23)/t13-,15+/m1/s1. The minimum absolute atomic E-state index is 0.0433. The van der Waals surface area contributed by atoms with E-state index in [0.717, 1.165) is 5.56 Å². The Labute approximate surface area is 157 Å². The van der Waals surface area contributed by atoms with E-state index < -0.39 is 36.0 Å². The van der Waals surface area contributed by atoms with Crippen molar-refractivity contribution in [1.82, 2.24) is 10.6 Å². The molecule has 2 atom stereocenters. The Bertz CT molecular complexity index is 662. The summed E-state index contributed by atoms with van der Waals surface area (Å²) in [5.41, 5.74) is 5.99. The number of nitrogens with two attached hydrogens (primary N) is 1. The highest BCUT2D eigenvalue weighted by Gasteiger charge is 2.28. The zero-order valence-electron chi connectivity index (χ0n) is 15.3. The molecule has 1 aromatic rings. The summed E-state index contributed by atoms with van der Waals surface area (Å²) in [4.78, 5) is 46.5. The predicted octanol–water partition coefficient (Wildman–Crippen LogP) is 0.772. The van der Waals surface area contributed by atoms with Crippen LogP contribution in [0.4, 0.5) is 4.79 Å². The molecule has 3 amide bonds. The minimum Gasteiger partial charge on any atom is -0.481 e. The van der Waals surface area contributed by atoms with Gasteiger partial charge in [-0.25, -0.2) is 4.79 Å². The molecule has 148 valence electrons. The van der Waals surface area contributed by atoms with Crippen molar-refractivity contribution in [3.63, 3.8) is 0 Å². The molecule has 0 aliphatic carbocycles. The lowest BCUT2D eigenvalue weighted by Gasteiger charge is -2.24. The molecule has 0 saturated carbocycles. The molecule has 0 aliphatic heterocycles. The molecule has 0 aliphatic rings. The fourth-order valence-corrected chi connectivity index (χ4v) is 2.24. The second-order valence-corrected chi connectivity index (χ2v) is 6.32. The van der Waals surface area contributed by atoms with Crippen molar-refractivity contribution in [3.05, 3.63) is 35.9 Å². The third-order valence-electron chi connectivity index (χ3n) is 3.74. The molecule has 0 unspecified atom stereocenters. The van der Waals surface area contributed by atoms with Gasteiger partial charge in [0, 0.05) is 6.42 Å². The Morgan fingerprint density at radius 3 is 2.26 bits per heavy atom. The summed E-state index contributed by atoms with van der Waals surface area (Å²) in [6.45, 7) is 3.46. The number of carboxylic acids is 1. The van der Waals surface area contributed by atoms with Crippen LogP contribution in [-0.2, 0) is 25.7 Å². The lowest BCUT2D eigenvalue weighted by atomic mass is 10.0. The number of hydrogen-bond acceptors (Lipinski definition) is 5. The summed E-state index contributed by atoms with van der Waals surface area (Å²) in [5.74, 6) is -2.91. The molecule has 0 aromatic heterocycles. The van der Waals surface area contributed by atoms with Crippen molar-refractivity contribution in [1.29, 1.82) is 0 Å². The molecule has 5 N–H and O–H groups in total. The maximum atomic E-state index is 12.4. The lowest BCUT2D eigenvalue weighted by Crippen LogP contribution is -2.54. The Morgan fingerprint density at radius 2 is 1.74 bits per heavy atom. The first-order valence-electron chi connectivity index (χ1n) is 8.49. The summed E-state index contributed by atoms with van der Waals surface area (Å²) in [6.07, 6.45) is -1.25. The van der Waals surface area contributed by atoms with Crippen LogP contribution in [0.2, 0.25) is 0 Å². The second-order valence-electron chi connectivity index (χ2n) is 6.32. The molecule has 0 spiro atoms. The third kappa shape index (κ3) is 8.21. The molecule has 1 aromatic carbocycles. The zero-order chi connectivity index (χ0) is 20.4. The first-order chi connectivity index (χ1) is 12.7. The van der Waals surface area contributed by atoms with Crippen LogP contribution in [0.3, 0.4) is 0 Å². The molecule has 9 heteroatoms. The third-order valence-corrected chi connectivity index (χ3v) is 3.74. The second kappa shape index (κ2) is 10.8. The van der Waals surface area contributed by atoms with Crippen molar-refractivity contribution >= 4 is 23.9 Å². The highest BCUT2D eigenvalue weighted by Crippen LogP contribution is 2.06. The number of benzene rings is 1. The van der Waals surface area contributed by atoms with Gasteiger partial charge in [0.15, 0.2) is 0 Å². The molecule has 1 rings (SSSR count). The Morgan fingerprint density at radius 1 is 1.11 bits per heavy atom. The molecule has 9 nitrogen and oxygen atoms in total. The minimum atomic E-state index is -1.14. The van der Waals surface area contributed by atoms with Crippen molar-refractivity contribution in [2.75, 3.05) is 0 Å². The quantitative estimate of drug-likeness (QED) is 0.472. The van der Waals surface area contributed by atoms with E-state index in [1.54, 1.807) is 26.0 Å². The first kappa shape index (κ1) is 21.9. The van der Waals surface area contributed by atoms with Gasteiger partial charge in [-0.3, -0.25) is 14.4 Å². The van der Waals surface area contributed by atoms with Gasteiger partial charge in [0.1, 0.15) is 18.7 Å². The first-order valence-corrected chi connectivity index (χ1v) is 8.49. The summed E-state index contributed by atoms with van der Waals surface area (Å²) in [7, 11) is 0. The number of aliphatic carboxylic acids is 1. The Balaban J connectivity index is 2.64. The highest BCUT2D eigenvalue weighted by molar-refractivity contribution is 5.91. The number of carbonyl (C=O) groups excluding carboxylic acids is 3. The SMILES string of the molecule is CC(C)[C@H](NC(=O)OCc1ccccc1)C(=O)N[C@H](CCC(=O)O)C(N)=O. The van der Waals surface area contributed by atoms with Gasteiger partial charge < -0.3 is 26.2 Å². The molecule has 0 fully saturated rings. The van der Waals surface area contributed by atoms with Gasteiger partial charge in [0.25, 0.3) is 0 Å². The Hall–Kier alpha value is -3.10. The number of alkyl carbamates (subject to hydrolysis) is 1. The van der Waals surface area contributed by atoms with Crippen LogP contribution in [0.15, 0.2) is 30.3 Å². The molecular formula is C18H25N3O6. The van der Waals surface area contributed by atoms with Crippen LogP contribution in [0, 0.1) is 5.92 Å². The van der Waals surface area contributed by atoms with Crippen molar-refractivity contribution in [2.45, 2.75) is 45.4 Å². The summed E-state index contributed by atoms with van der Waals surface area (Å²) < 4.78 is 5.09. The average Bonchev–Trinajstić information content (AvgIpc) is 2.61. The fraction of sp³-hybridized carbons (Fsp3) is 0.444. The van der Waals surface area contributed by atoms with Gasteiger partial charge in [-0.15, -0.1) is 0 Å². The molecular weight excluding hydrogens is 354 g/mol. The number of hydrogen-bond donors (Lipinski definition) is 4. The van der Waals surface area contributed by atoms with Crippen LogP contribution in [0.25, 0.3) is 0 Å².